The molecule has 162 valence electrons. The molecule has 0 fully saturated rings. The van der Waals surface area contributed by atoms with Gasteiger partial charge in [-0.05, 0) is 59.6 Å². The summed E-state index contributed by atoms with van der Waals surface area (Å²) in [4.78, 5) is 41.3. The quantitative estimate of drug-likeness (QED) is 0.517. The number of ketones is 1. The van der Waals surface area contributed by atoms with E-state index in [1.807, 2.05) is 6.07 Å². The number of aryl methyl sites for hydroxylation is 1. The van der Waals surface area contributed by atoms with Crippen molar-refractivity contribution < 1.29 is 14.4 Å². The number of Topliss-reactive ketones (excluding diaryl/α,β-unsaturated/α-hetero) is 1. The van der Waals surface area contributed by atoms with Crippen LogP contribution in [0.5, 0.6) is 0 Å². The molecule has 3 rings (SSSR count). The Hall–Kier alpha value is -3.55. The lowest BCUT2D eigenvalue weighted by atomic mass is 10.0. The van der Waals surface area contributed by atoms with E-state index in [4.69, 9.17) is 11.6 Å². The number of aromatic nitrogens is 3. The van der Waals surface area contributed by atoms with Gasteiger partial charge in [-0.15, -0.1) is 0 Å². The number of nitrogens with zero attached hydrogens (tertiary/aromatic N) is 4. The van der Waals surface area contributed by atoms with Crippen molar-refractivity contribution in [2.45, 2.75) is 13.8 Å². The predicted octanol–water partition coefficient (Wildman–Crippen LogP) is 3.43. The molecule has 0 aliphatic heterocycles. The first-order chi connectivity index (χ1) is 15.2. The first-order valence-electron chi connectivity index (χ1n) is 9.21. The Morgan fingerprint density at radius 3 is 2.66 bits per heavy atom. The molecule has 0 aliphatic carbocycles. The molecule has 1 aromatic carbocycles. The number of hydrogen-bond acceptors (Lipinski definition) is 6. The van der Waals surface area contributed by atoms with Crippen LogP contribution in [0.3, 0.4) is 0 Å². The van der Waals surface area contributed by atoms with E-state index >= 15 is 0 Å². The number of amides is 2. The highest BCUT2D eigenvalue weighted by Crippen LogP contribution is 2.26. The Kier molecular flexibility index (Phi) is 7.02. The van der Waals surface area contributed by atoms with Gasteiger partial charge in [0.05, 0.1) is 34.5 Å². The summed E-state index contributed by atoms with van der Waals surface area (Å²) < 4.78 is 1.65. The number of carbonyl (C=O) groups excluding carboxylic acids is 3. The van der Waals surface area contributed by atoms with Crippen molar-refractivity contribution in [2.75, 3.05) is 11.9 Å². The van der Waals surface area contributed by atoms with E-state index in [0.29, 0.717) is 10.2 Å². The molecule has 0 radical (unpaired) electrons. The predicted molar refractivity (Wildman–Crippen MR) is 121 cm³/mol. The molecular weight excluding hydrogens is 500 g/mol. The zero-order valence-corrected chi connectivity index (χ0v) is 19.3. The molecule has 11 heteroatoms. The summed E-state index contributed by atoms with van der Waals surface area (Å²) in [5, 5.41) is 19.0. The molecule has 0 unspecified atom stereocenters. The molecule has 2 amide bonds. The van der Waals surface area contributed by atoms with Gasteiger partial charge in [-0.3, -0.25) is 14.4 Å². The summed E-state index contributed by atoms with van der Waals surface area (Å²) in [6, 6.07) is 9.61. The Labute approximate surface area is 196 Å². The van der Waals surface area contributed by atoms with Gasteiger partial charge in [0.15, 0.2) is 5.82 Å². The lowest BCUT2D eigenvalue weighted by molar-refractivity contribution is -0.116. The highest BCUT2D eigenvalue weighted by molar-refractivity contribution is 9.10. The van der Waals surface area contributed by atoms with Crippen LogP contribution in [-0.2, 0) is 4.79 Å². The van der Waals surface area contributed by atoms with Crippen LogP contribution in [0, 0.1) is 18.3 Å². The zero-order chi connectivity index (χ0) is 23.4. The lowest BCUT2D eigenvalue weighted by Gasteiger charge is -2.15. The molecule has 0 saturated heterocycles. The highest BCUT2D eigenvalue weighted by atomic mass is 79.9. The molecule has 0 aliphatic rings. The van der Waals surface area contributed by atoms with Crippen molar-refractivity contribution in [2.24, 2.45) is 0 Å². The van der Waals surface area contributed by atoms with E-state index in [1.165, 1.54) is 29.9 Å². The van der Waals surface area contributed by atoms with Crippen LogP contribution in [0.4, 0.5) is 5.69 Å². The number of pyridine rings is 1. The Balaban J connectivity index is 2.02. The lowest BCUT2D eigenvalue weighted by Crippen LogP contribution is -2.30. The Bertz CT molecular complexity index is 1280. The van der Waals surface area contributed by atoms with Gasteiger partial charge in [0.1, 0.15) is 16.1 Å². The molecule has 9 nitrogen and oxygen atoms in total. The van der Waals surface area contributed by atoms with E-state index < -0.39 is 11.8 Å². The topological polar surface area (TPSA) is 130 Å². The van der Waals surface area contributed by atoms with Crippen molar-refractivity contribution in [3.63, 3.8) is 0 Å². The number of carbonyl (C=O) groups is 3. The fourth-order valence-electron chi connectivity index (χ4n) is 2.88. The average Bonchev–Trinajstić information content (AvgIpc) is 3.14. The van der Waals surface area contributed by atoms with Crippen molar-refractivity contribution in [3.8, 4) is 11.9 Å². The smallest absolute Gasteiger partial charge is 0.274 e. The third-order valence-electron chi connectivity index (χ3n) is 4.30. The molecule has 0 bridgehead atoms. The van der Waals surface area contributed by atoms with E-state index in [-0.39, 0.29) is 45.7 Å². The third kappa shape index (κ3) is 5.01. The van der Waals surface area contributed by atoms with Gasteiger partial charge in [-0.25, -0.2) is 9.67 Å². The van der Waals surface area contributed by atoms with Crippen LogP contribution in [0.2, 0.25) is 5.02 Å². The molecule has 0 saturated carbocycles. The van der Waals surface area contributed by atoms with E-state index in [0.717, 1.165) is 0 Å². The number of anilines is 1. The second-order valence-electron chi connectivity index (χ2n) is 6.74. The number of benzene rings is 1. The monoisotopic (exact) mass is 514 g/mol. The summed E-state index contributed by atoms with van der Waals surface area (Å²) in [7, 11) is 0. The number of nitriles is 1. The summed E-state index contributed by atoms with van der Waals surface area (Å²) in [6.07, 6.45) is 1.51. The zero-order valence-electron chi connectivity index (χ0n) is 16.9. The van der Waals surface area contributed by atoms with Gasteiger partial charge in [0.2, 0.25) is 0 Å². The summed E-state index contributed by atoms with van der Waals surface area (Å²) in [5.74, 6) is -1.17. The summed E-state index contributed by atoms with van der Waals surface area (Å²) in [5.41, 5.74) is 1.09. The van der Waals surface area contributed by atoms with Crippen molar-refractivity contribution in [1.82, 2.24) is 20.1 Å². The Morgan fingerprint density at radius 2 is 2.00 bits per heavy atom. The molecule has 32 heavy (non-hydrogen) atoms. The molecule has 2 heterocycles. The SMILES string of the molecule is CC(=O)CNC(=O)c1cc(C#N)cc(C)c1NC(=O)c1cc(Br)nn1-c1ncccc1Cl. The average molecular weight is 516 g/mol. The van der Waals surface area contributed by atoms with Crippen LogP contribution >= 0.6 is 27.5 Å². The summed E-state index contributed by atoms with van der Waals surface area (Å²) in [6.45, 7) is 2.81. The van der Waals surface area contributed by atoms with Crippen LogP contribution in [0.25, 0.3) is 5.82 Å². The van der Waals surface area contributed by atoms with Crippen molar-refractivity contribution in [3.05, 3.63) is 68.5 Å². The molecule has 3 aromatic rings. The van der Waals surface area contributed by atoms with E-state index in [1.54, 1.807) is 25.1 Å². The third-order valence-corrected chi connectivity index (χ3v) is 4.98. The van der Waals surface area contributed by atoms with E-state index in [2.05, 4.69) is 36.6 Å². The number of halogens is 2. The van der Waals surface area contributed by atoms with Gasteiger partial charge in [-0.1, -0.05) is 11.6 Å². The minimum atomic E-state index is -0.599. The molecular formula is C21H16BrClN6O3. The number of hydrogen-bond donors (Lipinski definition) is 2. The maximum atomic E-state index is 13.2. The van der Waals surface area contributed by atoms with Gasteiger partial charge < -0.3 is 10.6 Å². The first kappa shape index (κ1) is 23.1. The normalized spacial score (nSPS) is 10.3. The van der Waals surface area contributed by atoms with Crippen LogP contribution in [0.1, 0.15) is 38.9 Å². The Morgan fingerprint density at radius 1 is 1.25 bits per heavy atom. The van der Waals surface area contributed by atoms with Crippen molar-refractivity contribution >= 4 is 50.8 Å². The van der Waals surface area contributed by atoms with Gasteiger partial charge in [0.25, 0.3) is 11.8 Å². The van der Waals surface area contributed by atoms with Crippen LogP contribution in [0.15, 0.2) is 41.1 Å². The van der Waals surface area contributed by atoms with Gasteiger partial charge in [-0.2, -0.15) is 10.4 Å². The first-order valence-corrected chi connectivity index (χ1v) is 10.4. The fraction of sp³-hybridized carbons (Fsp3) is 0.143. The number of rotatable bonds is 6. The van der Waals surface area contributed by atoms with E-state index in [9.17, 15) is 19.6 Å². The maximum Gasteiger partial charge on any atom is 0.274 e. The second kappa shape index (κ2) is 9.72. The number of nitrogens with one attached hydrogen (secondary N) is 2. The molecule has 0 spiro atoms. The van der Waals surface area contributed by atoms with Crippen molar-refractivity contribution in [1.29, 1.82) is 5.26 Å². The molecule has 2 N–H and O–H groups in total. The minimum Gasteiger partial charge on any atom is -0.345 e. The largest absolute Gasteiger partial charge is 0.345 e. The highest BCUT2D eigenvalue weighted by Gasteiger charge is 2.22. The molecule has 2 aromatic heterocycles. The second-order valence-corrected chi connectivity index (χ2v) is 7.96. The summed E-state index contributed by atoms with van der Waals surface area (Å²) >= 11 is 9.46. The van der Waals surface area contributed by atoms with Crippen LogP contribution in [-0.4, -0.2) is 38.9 Å². The van der Waals surface area contributed by atoms with Crippen LogP contribution < -0.4 is 10.6 Å². The standard InChI is InChI=1S/C21H16BrClN6O3/c1-11-6-13(9-24)7-14(20(31)26-10-12(2)30)18(11)27-21(32)16-8-17(22)28-29(16)19-15(23)4-3-5-25-19/h3-8H,10H2,1-2H3,(H,26,31)(H,27,32). The molecule has 0 atom stereocenters. The van der Waals surface area contributed by atoms with Gasteiger partial charge in [0, 0.05) is 12.3 Å². The maximum absolute atomic E-state index is 13.2. The minimum absolute atomic E-state index is 0.0529. The fourth-order valence-corrected chi connectivity index (χ4v) is 3.46. The van der Waals surface area contributed by atoms with Gasteiger partial charge >= 0.3 is 0 Å².